The van der Waals surface area contributed by atoms with Crippen molar-refractivity contribution in [3.8, 4) is 6.07 Å². The van der Waals surface area contributed by atoms with E-state index in [4.69, 9.17) is 11.0 Å². The Kier molecular flexibility index (Phi) is 3.81. The Morgan fingerprint density at radius 1 is 1.50 bits per heavy atom. The highest BCUT2D eigenvalue weighted by atomic mass is 35.5. The van der Waals surface area contributed by atoms with Gasteiger partial charge in [0.2, 0.25) is 5.91 Å². The van der Waals surface area contributed by atoms with Crippen molar-refractivity contribution in [3.63, 3.8) is 0 Å². The highest BCUT2D eigenvalue weighted by molar-refractivity contribution is 5.93. The maximum atomic E-state index is 10.6. The van der Waals surface area contributed by atoms with Crippen LogP contribution in [0.25, 0.3) is 0 Å². The maximum Gasteiger partial charge on any atom is 0.248 e. The first-order chi connectivity index (χ1) is 5.24. The van der Waals surface area contributed by atoms with Crippen molar-refractivity contribution in [2.24, 2.45) is 5.73 Å². The third-order valence-electron chi connectivity index (χ3n) is 1.28. The first-order valence-corrected chi connectivity index (χ1v) is 3.04. The zero-order chi connectivity index (χ0) is 8.27. The van der Waals surface area contributed by atoms with Gasteiger partial charge in [-0.1, -0.05) is 6.07 Å². The second-order valence-electron chi connectivity index (χ2n) is 2.06. The van der Waals surface area contributed by atoms with Gasteiger partial charge in [0.1, 0.15) is 0 Å². The summed E-state index contributed by atoms with van der Waals surface area (Å²) in [5.41, 5.74) is 5.80. The summed E-state index contributed by atoms with van der Waals surface area (Å²) in [4.78, 5) is 10.6. The highest BCUT2D eigenvalue weighted by Crippen LogP contribution is 2.02. The topological polar surface area (TPSA) is 66.9 Å². The quantitative estimate of drug-likeness (QED) is 0.706. The number of amides is 1. The number of nitrogens with zero attached hydrogens (tertiary/aromatic N) is 1. The van der Waals surface area contributed by atoms with E-state index in [1.807, 2.05) is 6.07 Å². The zero-order valence-electron chi connectivity index (χ0n) is 6.15. The van der Waals surface area contributed by atoms with E-state index in [2.05, 4.69) is 0 Å². The lowest BCUT2D eigenvalue weighted by atomic mass is 10.1. The molecule has 0 saturated heterocycles. The molecule has 0 saturated carbocycles. The number of carbonyl (C=O) groups is 1. The summed E-state index contributed by atoms with van der Waals surface area (Å²) in [6.45, 7) is 0. The summed E-state index contributed by atoms with van der Waals surface area (Å²) >= 11 is 0. The van der Waals surface area contributed by atoms with Crippen molar-refractivity contribution in [1.82, 2.24) is 0 Å². The molecule has 1 amide bonds. The SMILES string of the molecule is Cl.N#Cc1cccc(C(N)=O)c1. The molecule has 1 rings (SSSR count). The van der Waals surface area contributed by atoms with Crippen LogP contribution in [0.1, 0.15) is 15.9 Å². The fraction of sp³-hybridized carbons (Fsp3) is 0. The average Bonchev–Trinajstić information content (AvgIpc) is 2.05. The first kappa shape index (κ1) is 10.5. The lowest BCUT2D eigenvalue weighted by Crippen LogP contribution is -2.10. The monoisotopic (exact) mass is 182 g/mol. The Balaban J connectivity index is 0.00000121. The summed E-state index contributed by atoms with van der Waals surface area (Å²) < 4.78 is 0. The molecule has 0 radical (unpaired) electrons. The molecule has 0 aliphatic carbocycles. The summed E-state index contributed by atoms with van der Waals surface area (Å²) in [5, 5.41) is 8.44. The number of halogens is 1. The number of hydrogen-bond acceptors (Lipinski definition) is 2. The summed E-state index contributed by atoms with van der Waals surface area (Å²) in [6, 6.07) is 8.19. The van der Waals surface area contributed by atoms with Gasteiger partial charge in [-0.25, -0.2) is 0 Å². The number of benzene rings is 1. The average molecular weight is 183 g/mol. The van der Waals surface area contributed by atoms with Crippen molar-refractivity contribution in [2.45, 2.75) is 0 Å². The van der Waals surface area contributed by atoms with E-state index in [0.29, 0.717) is 11.1 Å². The van der Waals surface area contributed by atoms with E-state index in [9.17, 15) is 4.79 Å². The lowest BCUT2D eigenvalue weighted by molar-refractivity contribution is 0.100. The van der Waals surface area contributed by atoms with E-state index in [-0.39, 0.29) is 12.4 Å². The molecular weight excluding hydrogens is 176 g/mol. The molecule has 0 bridgehead atoms. The van der Waals surface area contributed by atoms with Gasteiger partial charge in [-0.05, 0) is 18.2 Å². The van der Waals surface area contributed by atoms with E-state index < -0.39 is 5.91 Å². The molecule has 0 aromatic heterocycles. The number of primary amides is 1. The van der Waals surface area contributed by atoms with Gasteiger partial charge >= 0.3 is 0 Å². The van der Waals surface area contributed by atoms with Crippen LogP contribution >= 0.6 is 12.4 Å². The molecule has 4 heteroatoms. The fourth-order valence-corrected chi connectivity index (χ4v) is 0.742. The molecule has 12 heavy (non-hydrogen) atoms. The molecule has 0 atom stereocenters. The van der Waals surface area contributed by atoms with Crippen LogP contribution in [0.4, 0.5) is 0 Å². The van der Waals surface area contributed by atoms with Crippen molar-refractivity contribution in [1.29, 1.82) is 5.26 Å². The third kappa shape index (κ3) is 2.26. The second kappa shape index (κ2) is 4.37. The highest BCUT2D eigenvalue weighted by Gasteiger charge is 1.98. The van der Waals surface area contributed by atoms with Crippen molar-refractivity contribution >= 4 is 18.3 Å². The number of nitriles is 1. The zero-order valence-corrected chi connectivity index (χ0v) is 6.97. The third-order valence-corrected chi connectivity index (χ3v) is 1.28. The fourth-order valence-electron chi connectivity index (χ4n) is 0.742. The minimum absolute atomic E-state index is 0. The molecule has 2 N–H and O–H groups in total. The summed E-state index contributed by atoms with van der Waals surface area (Å²) in [5.74, 6) is -0.512. The molecular formula is C8H7ClN2O. The molecule has 62 valence electrons. The van der Waals surface area contributed by atoms with E-state index in [0.717, 1.165) is 0 Å². The van der Waals surface area contributed by atoms with Crippen LogP contribution in [0.2, 0.25) is 0 Å². The van der Waals surface area contributed by atoms with Crippen LogP contribution in [-0.2, 0) is 0 Å². The largest absolute Gasteiger partial charge is 0.366 e. The molecule has 1 aromatic rings. The molecule has 0 unspecified atom stereocenters. The molecule has 0 aliphatic rings. The van der Waals surface area contributed by atoms with Gasteiger partial charge in [0.05, 0.1) is 11.6 Å². The number of nitrogens with two attached hydrogens (primary N) is 1. The minimum Gasteiger partial charge on any atom is -0.366 e. The number of carbonyl (C=O) groups excluding carboxylic acids is 1. The van der Waals surface area contributed by atoms with Crippen LogP contribution < -0.4 is 5.73 Å². The molecule has 0 aliphatic heterocycles. The van der Waals surface area contributed by atoms with Gasteiger partial charge < -0.3 is 5.73 Å². The number of rotatable bonds is 1. The van der Waals surface area contributed by atoms with Crippen molar-refractivity contribution in [3.05, 3.63) is 35.4 Å². The molecule has 0 spiro atoms. The van der Waals surface area contributed by atoms with E-state index in [1.54, 1.807) is 18.2 Å². The van der Waals surface area contributed by atoms with Crippen molar-refractivity contribution < 1.29 is 4.79 Å². The smallest absolute Gasteiger partial charge is 0.248 e. The van der Waals surface area contributed by atoms with Crippen LogP contribution in [0.3, 0.4) is 0 Å². The van der Waals surface area contributed by atoms with Crippen LogP contribution in [0.5, 0.6) is 0 Å². The van der Waals surface area contributed by atoms with Gasteiger partial charge in [-0.3, -0.25) is 4.79 Å². The molecule has 3 nitrogen and oxygen atoms in total. The minimum atomic E-state index is -0.512. The predicted molar refractivity (Wildman–Crippen MR) is 46.9 cm³/mol. The summed E-state index contributed by atoms with van der Waals surface area (Å²) in [6.07, 6.45) is 0. The molecule has 1 aromatic carbocycles. The normalized spacial score (nSPS) is 7.92. The second-order valence-corrected chi connectivity index (χ2v) is 2.06. The Bertz CT molecular complexity index is 330. The Labute approximate surface area is 76.2 Å². The lowest BCUT2D eigenvalue weighted by Gasteiger charge is -1.93. The van der Waals surface area contributed by atoms with Gasteiger partial charge in [-0.15, -0.1) is 12.4 Å². The van der Waals surface area contributed by atoms with Gasteiger partial charge in [0, 0.05) is 5.56 Å². The molecule has 0 heterocycles. The Morgan fingerprint density at radius 2 is 2.17 bits per heavy atom. The van der Waals surface area contributed by atoms with Crippen LogP contribution in [-0.4, -0.2) is 5.91 Å². The maximum absolute atomic E-state index is 10.6. The van der Waals surface area contributed by atoms with Gasteiger partial charge in [0.15, 0.2) is 0 Å². The first-order valence-electron chi connectivity index (χ1n) is 3.04. The van der Waals surface area contributed by atoms with E-state index >= 15 is 0 Å². The van der Waals surface area contributed by atoms with Gasteiger partial charge in [-0.2, -0.15) is 5.26 Å². The number of hydrogen-bond donors (Lipinski definition) is 1. The van der Waals surface area contributed by atoms with Gasteiger partial charge in [0.25, 0.3) is 0 Å². The standard InChI is InChI=1S/C8H6N2O.ClH/c9-5-6-2-1-3-7(4-6)8(10)11;/h1-4H,(H2,10,11);1H. The van der Waals surface area contributed by atoms with E-state index in [1.165, 1.54) is 6.07 Å². The van der Waals surface area contributed by atoms with Crippen molar-refractivity contribution in [2.75, 3.05) is 0 Å². The summed E-state index contributed by atoms with van der Waals surface area (Å²) in [7, 11) is 0. The Morgan fingerprint density at radius 3 is 2.67 bits per heavy atom. The predicted octanol–water partition coefficient (Wildman–Crippen LogP) is 1.08. The van der Waals surface area contributed by atoms with Crippen LogP contribution in [0.15, 0.2) is 24.3 Å². The van der Waals surface area contributed by atoms with Crippen LogP contribution in [0, 0.1) is 11.3 Å². The molecule has 0 fully saturated rings. The Hall–Kier alpha value is -1.53.